The van der Waals surface area contributed by atoms with Crippen LogP contribution in [0.3, 0.4) is 0 Å². The van der Waals surface area contributed by atoms with Crippen LogP contribution in [0.4, 0.5) is 4.39 Å². The number of carboxylic acid groups (broad SMARTS) is 1. The summed E-state index contributed by atoms with van der Waals surface area (Å²) in [5, 5.41) is 8.58. The van der Waals surface area contributed by atoms with Crippen LogP contribution < -0.4 is 5.73 Å². The Balaban J connectivity index is 0.00000169. The minimum atomic E-state index is -1.20. The van der Waals surface area contributed by atoms with E-state index in [-0.39, 0.29) is 18.0 Å². The van der Waals surface area contributed by atoms with E-state index in [4.69, 9.17) is 10.8 Å². The van der Waals surface area contributed by atoms with Crippen molar-refractivity contribution in [3.05, 3.63) is 34.1 Å². The predicted octanol–water partition coefficient (Wildman–Crippen LogP) is 2.09. The van der Waals surface area contributed by atoms with Gasteiger partial charge >= 0.3 is 5.97 Å². The average Bonchev–Trinajstić information content (AvgIpc) is 2.08. The second-order valence-electron chi connectivity index (χ2n) is 2.48. The highest BCUT2D eigenvalue weighted by Gasteiger charge is 2.17. The van der Waals surface area contributed by atoms with Gasteiger partial charge in [0.15, 0.2) is 0 Å². The molecule has 0 amide bonds. The van der Waals surface area contributed by atoms with Crippen molar-refractivity contribution in [2.45, 2.75) is 6.04 Å². The van der Waals surface area contributed by atoms with Gasteiger partial charge in [-0.25, -0.2) is 4.39 Å². The molecule has 0 heterocycles. The van der Waals surface area contributed by atoms with Gasteiger partial charge in [0.05, 0.1) is 0 Å². The maximum Gasteiger partial charge on any atom is 0.325 e. The number of carboxylic acids is 1. The van der Waals surface area contributed by atoms with Crippen molar-refractivity contribution in [3.63, 3.8) is 0 Å². The zero-order chi connectivity index (χ0) is 10.0. The fourth-order valence-electron chi connectivity index (χ4n) is 0.886. The Labute approximate surface area is 94.6 Å². The molecule has 1 aromatic rings. The van der Waals surface area contributed by atoms with E-state index in [1.807, 2.05) is 0 Å². The Kier molecular flexibility index (Phi) is 5.04. The van der Waals surface area contributed by atoms with E-state index in [0.29, 0.717) is 4.47 Å². The van der Waals surface area contributed by atoms with Crippen molar-refractivity contribution in [2.75, 3.05) is 0 Å². The molecular formula is C8H8BrClFNO2. The normalized spacial score (nSPS) is 11.6. The second kappa shape index (κ2) is 5.29. The van der Waals surface area contributed by atoms with Crippen molar-refractivity contribution >= 4 is 34.3 Å². The Morgan fingerprint density at radius 2 is 2.14 bits per heavy atom. The first kappa shape index (κ1) is 13.4. The first-order valence-corrected chi connectivity index (χ1v) is 4.25. The Hall–Kier alpha value is -0.650. The Morgan fingerprint density at radius 3 is 2.64 bits per heavy atom. The summed E-state index contributed by atoms with van der Waals surface area (Å²) in [5.41, 5.74) is 5.54. The lowest BCUT2D eigenvalue weighted by Gasteiger charge is -2.08. The fraction of sp³-hybridized carbons (Fsp3) is 0.125. The van der Waals surface area contributed by atoms with Crippen LogP contribution in [0.25, 0.3) is 0 Å². The fourth-order valence-corrected chi connectivity index (χ4v) is 1.38. The summed E-state index contributed by atoms with van der Waals surface area (Å²) >= 11 is 3.09. The highest BCUT2D eigenvalue weighted by Crippen LogP contribution is 2.22. The summed E-state index contributed by atoms with van der Waals surface area (Å²) in [6.07, 6.45) is 0. The molecule has 0 fully saturated rings. The standard InChI is InChI=1S/C8H7BrFNO2.ClH/c9-6-2-1-4(10)3-5(6)7(11)8(12)13;/h1-3,7H,11H2,(H,12,13);1H. The first-order valence-electron chi connectivity index (χ1n) is 3.45. The van der Waals surface area contributed by atoms with Crippen LogP contribution in [0.5, 0.6) is 0 Å². The van der Waals surface area contributed by atoms with Crippen molar-refractivity contribution in [3.8, 4) is 0 Å². The topological polar surface area (TPSA) is 63.3 Å². The molecule has 1 aromatic carbocycles. The monoisotopic (exact) mass is 283 g/mol. The van der Waals surface area contributed by atoms with Crippen LogP contribution in [0, 0.1) is 5.82 Å². The van der Waals surface area contributed by atoms with Gasteiger partial charge in [0.2, 0.25) is 0 Å². The van der Waals surface area contributed by atoms with Crippen molar-refractivity contribution < 1.29 is 14.3 Å². The summed E-state index contributed by atoms with van der Waals surface area (Å²) in [6.45, 7) is 0. The Bertz CT molecular complexity index is 348. The van der Waals surface area contributed by atoms with E-state index < -0.39 is 17.8 Å². The lowest BCUT2D eigenvalue weighted by atomic mass is 10.1. The molecule has 3 nitrogen and oxygen atoms in total. The van der Waals surface area contributed by atoms with Gasteiger partial charge in [-0.3, -0.25) is 4.79 Å². The van der Waals surface area contributed by atoms with E-state index in [0.717, 1.165) is 6.07 Å². The maximum absolute atomic E-state index is 12.7. The number of hydrogen-bond donors (Lipinski definition) is 2. The molecular weight excluding hydrogens is 276 g/mol. The molecule has 0 saturated carbocycles. The summed E-state index contributed by atoms with van der Waals surface area (Å²) in [4.78, 5) is 10.5. The van der Waals surface area contributed by atoms with Gasteiger partial charge in [0, 0.05) is 4.47 Å². The first-order chi connectivity index (χ1) is 6.02. The van der Waals surface area contributed by atoms with Gasteiger partial charge in [0.1, 0.15) is 11.9 Å². The third-order valence-electron chi connectivity index (χ3n) is 1.56. The van der Waals surface area contributed by atoms with Gasteiger partial charge in [0.25, 0.3) is 0 Å². The highest BCUT2D eigenvalue weighted by atomic mass is 79.9. The van der Waals surface area contributed by atoms with Crippen LogP contribution in [0.2, 0.25) is 0 Å². The molecule has 0 aliphatic heterocycles. The number of halogens is 3. The molecule has 0 saturated heterocycles. The summed E-state index contributed by atoms with van der Waals surface area (Å²) in [7, 11) is 0. The van der Waals surface area contributed by atoms with Crippen LogP contribution in [0.15, 0.2) is 22.7 Å². The third kappa shape index (κ3) is 2.94. The lowest BCUT2D eigenvalue weighted by molar-refractivity contribution is -0.138. The number of rotatable bonds is 2. The SMILES string of the molecule is Cl.NC(C(=O)O)c1cc(F)ccc1Br. The summed E-state index contributed by atoms with van der Waals surface area (Å²) < 4.78 is 13.2. The molecule has 1 rings (SSSR count). The third-order valence-corrected chi connectivity index (χ3v) is 2.28. The molecule has 1 atom stereocenters. The van der Waals surface area contributed by atoms with Gasteiger partial charge in [-0.05, 0) is 23.8 Å². The number of carbonyl (C=O) groups is 1. The van der Waals surface area contributed by atoms with E-state index in [2.05, 4.69) is 15.9 Å². The van der Waals surface area contributed by atoms with Crippen LogP contribution in [-0.2, 0) is 4.79 Å². The molecule has 1 unspecified atom stereocenters. The molecule has 0 aliphatic rings. The van der Waals surface area contributed by atoms with Crippen LogP contribution in [-0.4, -0.2) is 11.1 Å². The largest absolute Gasteiger partial charge is 0.480 e. The molecule has 0 radical (unpaired) electrons. The Morgan fingerprint density at radius 1 is 1.57 bits per heavy atom. The second-order valence-corrected chi connectivity index (χ2v) is 3.34. The minimum Gasteiger partial charge on any atom is -0.480 e. The summed E-state index contributed by atoms with van der Waals surface area (Å²) in [6, 6.07) is 2.54. The number of nitrogens with two attached hydrogens (primary N) is 1. The highest BCUT2D eigenvalue weighted by molar-refractivity contribution is 9.10. The van der Waals surface area contributed by atoms with Crippen LogP contribution in [0.1, 0.15) is 11.6 Å². The predicted molar refractivity (Wildman–Crippen MR) is 55.9 cm³/mol. The maximum atomic E-state index is 12.7. The smallest absolute Gasteiger partial charge is 0.325 e. The van der Waals surface area contributed by atoms with Crippen molar-refractivity contribution in [1.29, 1.82) is 0 Å². The van der Waals surface area contributed by atoms with E-state index in [1.54, 1.807) is 0 Å². The molecule has 6 heteroatoms. The van der Waals surface area contributed by atoms with E-state index in [1.165, 1.54) is 12.1 Å². The van der Waals surface area contributed by atoms with Gasteiger partial charge < -0.3 is 10.8 Å². The minimum absolute atomic E-state index is 0. The van der Waals surface area contributed by atoms with Crippen molar-refractivity contribution in [1.82, 2.24) is 0 Å². The molecule has 0 aliphatic carbocycles. The molecule has 0 aromatic heterocycles. The molecule has 0 bridgehead atoms. The van der Waals surface area contributed by atoms with Crippen LogP contribution >= 0.6 is 28.3 Å². The van der Waals surface area contributed by atoms with E-state index in [9.17, 15) is 9.18 Å². The molecule has 78 valence electrons. The van der Waals surface area contributed by atoms with E-state index >= 15 is 0 Å². The van der Waals surface area contributed by atoms with Gasteiger partial charge in [-0.1, -0.05) is 15.9 Å². The molecule has 3 N–H and O–H groups in total. The molecule has 0 spiro atoms. The van der Waals surface area contributed by atoms with Gasteiger partial charge in [-0.15, -0.1) is 12.4 Å². The average molecular weight is 285 g/mol. The van der Waals surface area contributed by atoms with Crippen molar-refractivity contribution in [2.24, 2.45) is 5.73 Å². The zero-order valence-corrected chi connectivity index (χ0v) is 9.31. The van der Waals surface area contributed by atoms with Gasteiger partial charge in [-0.2, -0.15) is 0 Å². The number of benzene rings is 1. The number of hydrogen-bond acceptors (Lipinski definition) is 2. The summed E-state index contributed by atoms with van der Waals surface area (Å²) in [5.74, 6) is -1.69. The quantitative estimate of drug-likeness (QED) is 0.874. The number of aliphatic carboxylic acids is 1. The zero-order valence-electron chi connectivity index (χ0n) is 6.91. The molecule has 14 heavy (non-hydrogen) atoms. The lowest BCUT2D eigenvalue weighted by Crippen LogP contribution is -2.21.